The van der Waals surface area contributed by atoms with Gasteiger partial charge in [0.15, 0.2) is 5.82 Å². The average Bonchev–Trinajstić information content (AvgIpc) is 3.70. The van der Waals surface area contributed by atoms with Gasteiger partial charge in [0.2, 0.25) is 0 Å². The Bertz CT molecular complexity index is 1660. The second kappa shape index (κ2) is 10.3. The molecule has 0 spiro atoms. The monoisotopic (exact) mass is 572 g/mol. The summed E-state index contributed by atoms with van der Waals surface area (Å²) in [6.07, 6.45) is 7.15. The van der Waals surface area contributed by atoms with Crippen LogP contribution in [0.4, 0.5) is 14.6 Å². The van der Waals surface area contributed by atoms with Crippen molar-refractivity contribution < 1.29 is 18.6 Å². The van der Waals surface area contributed by atoms with E-state index in [0.29, 0.717) is 54.0 Å². The number of aromatic nitrogens is 3. The van der Waals surface area contributed by atoms with Gasteiger partial charge in [-0.05, 0) is 60.9 Å². The number of alkyl halides is 1. The van der Waals surface area contributed by atoms with Gasteiger partial charge in [-0.25, -0.2) is 8.78 Å². The molecule has 4 fully saturated rings. The number of phenolic OH excluding ortho intramolecular Hbond substituents is 1. The van der Waals surface area contributed by atoms with Crippen molar-refractivity contribution in [2.45, 2.75) is 56.3 Å². The van der Waals surface area contributed by atoms with Crippen LogP contribution in [0.25, 0.3) is 32.9 Å². The third kappa shape index (κ3) is 4.34. The van der Waals surface area contributed by atoms with Crippen molar-refractivity contribution in [1.82, 2.24) is 25.2 Å². The van der Waals surface area contributed by atoms with Gasteiger partial charge >= 0.3 is 6.01 Å². The molecule has 8 rings (SSSR count). The lowest BCUT2D eigenvalue weighted by molar-refractivity contribution is 0.0839. The Morgan fingerprint density at radius 3 is 2.69 bits per heavy atom. The van der Waals surface area contributed by atoms with Gasteiger partial charge in [-0.15, -0.1) is 0 Å². The van der Waals surface area contributed by atoms with Gasteiger partial charge in [-0.1, -0.05) is 24.3 Å². The first-order chi connectivity index (χ1) is 20.6. The van der Waals surface area contributed by atoms with E-state index < -0.39 is 5.82 Å². The van der Waals surface area contributed by atoms with Crippen molar-refractivity contribution in [1.29, 1.82) is 0 Å². The molecule has 4 aliphatic rings. The summed E-state index contributed by atoms with van der Waals surface area (Å²) in [5.74, 6) is 0.559. The van der Waals surface area contributed by atoms with E-state index in [-0.39, 0.29) is 35.7 Å². The highest BCUT2D eigenvalue weighted by Gasteiger charge is 2.46. The summed E-state index contributed by atoms with van der Waals surface area (Å²) < 4.78 is 36.2. The molecule has 5 heterocycles. The number of pyridine rings is 1. The van der Waals surface area contributed by atoms with E-state index in [1.54, 1.807) is 18.3 Å². The lowest BCUT2D eigenvalue weighted by Crippen LogP contribution is -2.51. The van der Waals surface area contributed by atoms with E-state index in [1.165, 1.54) is 0 Å². The third-order valence-electron chi connectivity index (χ3n) is 9.87. The number of halogens is 2. The Kier molecular flexibility index (Phi) is 6.37. The smallest absolute Gasteiger partial charge is 0.319 e. The van der Waals surface area contributed by atoms with Crippen LogP contribution in [0.1, 0.15) is 32.1 Å². The fourth-order valence-electron chi connectivity index (χ4n) is 8.00. The quantitative estimate of drug-likeness (QED) is 0.326. The zero-order chi connectivity index (χ0) is 28.4. The van der Waals surface area contributed by atoms with Gasteiger partial charge in [0.25, 0.3) is 0 Å². The van der Waals surface area contributed by atoms with E-state index in [2.05, 4.69) is 25.1 Å². The molecule has 1 saturated carbocycles. The van der Waals surface area contributed by atoms with E-state index in [4.69, 9.17) is 9.72 Å². The van der Waals surface area contributed by atoms with Crippen LogP contribution in [0.3, 0.4) is 0 Å². The van der Waals surface area contributed by atoms with E-state index in [0.717, 1.165) is 56.0 Å². The van der Waals surface area contributed by atoms with Crippen molar-refractivity contribution >= 4 is 27.5 Å². The Labute approximate surface area is 242 Å². The number of nitrogens with one attached hydrogen (secondary N) is 1. The normalized spacial score (nSPS) is 27.0. The maximum atomic E-state index is 16.6. The fourth-order valence-corrected chi connectivity index (χ4v) is 8.00. The van der Waals surface area contributed by atoms with Crippen molar-refractivity contribution in [2.24, 2.45) is 5.92 Å². The first kappa shape index (κ1) is 26.0. The minimum Gasteiger partial charge on any atom is -0.508 e. The fraction of sp³-hybridized carbons (Fsp3) is 0.469. The maximum Gasteiger partial charge on any atom is 0.319 e. The predicted molar refractivity (Wildman–Crippen MR) is 157 cm³/mol. The zero-order valence-electron chi connectivity index (χ0n) is 23.3. The third-order valence-corrected chi connectivity index (χ3v) is 9.87. The zero-order valence-corrected chi connectivity index (χ0v) is 23.3. The SMILES string of the molecule is Oc1cc(-c2ncc3c(N4CC5CCC(C4)N5)nc(OCC4C5CCC(C5)N4CCF)nc3c2F)c2ccccc2c1. The van der Waals surface area contributed by atoms with Gasteiger partial charge in [0, 0.05) is 55.6 Å². The highest BCUT2D eigenvalue weighted by Crippen LogP contribution is 2.43. The molecule has 0 radical (unpaired) electrons. The molecule has 0 amide bonds. The molecule has 3 saturated heterocycles. The molecule has 218 valence electrons. The number of likely N-dealkylation sites (tertiary alicyclic amines) is 1. The summed E-state index contributed by atoms with van der Waals surface area (Å²) in [5.41, 5.74) is 0.761. The largest absolute Gasteiger partial charge is 0.508 e. The number of hydrogen-bond donors (Lipinski definition) is 2. The first-order valence-corrected chi connectivity index (χ1v) is 15.1. The number of phenols is 1. The molecule has 4 aromatic rings. The van der Waals surface area contributed by atoms with Crippen molar-refractivity contribution in [3.05, 3.63) is 48.4 Å². The molecular weight excluding hydrogens is 538 g/mol. The molecule has 2 aromatic carbocycles. The van der Waals surface area contributed by atoms with E-state index in [9.17, 15) is 9.50 Å². The van der Waals surface area contributed by atoms with Crippen LogP contribution in [0, 0.1) is 11.7 Å². The molecule has 42 heavy (non-hydrogen) atoms. The lowest BCUT2D eigenvalue weighted by atomic mass is 9.99. The Morgan fingerprint density at radius 2 is 1.86 bits per heavy atom. The van der Waals surface area contributed by atoms with Crippen molar-refractivity contribution in [2.75, 3.05) is 37.8 Å². The topological polar surface area (TPSA) is 86.6 Å². The molecule has 4 bridgehead atoms. The van der Waals surface area contributed by atoms with Crippen molar-refractivity contribution in [3.63, 3.8) is 0 Å². The number of piperidine rings is 1. The van der Waals surface area contributed by atoms with Crippen molar-refractivity contribution in [3.8, 4) is 23.0 Å². The number of anilines is 1. The average molecular weight is 573 g/mol. The molecule has 10 heteroatoms. The van der Waals surface area contributed by atoms with Crippen LogP contribution in [-0.2, 0) is 0 Å². The standard InChI is InChI=1S/C32H34F2N6O2/c33-9-10-40-22-8-5-19(11-22)27(40)17-42-32-37-30-26(31(38-32)39-15-20-6-7-21(16-39)36-20)14-35-29(28(30)34)25-13-23(41)12-18-3-1-2-4-24(18)25/h1-4,12-14,19-22,27,36,41H,5-11,15-17H2. The number of nitrogens with zero attached hydrogens (tertiary/aromatic N) is 5. The molecule has 8 nitrogen and oxygen atoms in total. The first-order valence-electron chi connectivity index (χ1n) is 15.1. The second-order valence-electron chi connectivity index (χ2n) is 12.3. The Hall–Kier alpha value is -3.63. The second-order valence-corrected chi connectivity index (χ2v) is 12.3. The number of hydrogen-bond acceptors (Lipinski definition) is 8. The number of piperazine rings is 1. The van der Waals surface area contributed by atoms with Crippen LogP contribution in [0.2, 0.25) is 0 Å². The lowest BCUT2D eigenvalue weighted by Gasteiger charge is -2.35. The number of rotatable bonds is 7. The summed E-state index contributed by atoms with van der Waals surface area (Å²) in [7, 11) is 0. The van der Waals surface area contributed by atoms with Gasteiger partial charge in [-0.2, -0.15) is 9.97 Å². The number of aromatic hydroxyl groups is 1. The molecule has 1 aliphatic carbocycles. The number of fused-ring (bicyclic) bond motifs is 6. The molecule has 2 N–H and O–H groups in total. The minimum absolute atomic E-state index is 0.0392. The van der Waals surface area contributed by atoms with Crippen LogP contribution >= 0.6 is 0 Å². The Morgan fingerprint density at radius 1 is 1.02 bits per heavy atom. The summed E-state index contributed by atoms with van der Waals surface area (Å²) in [5, 5.41) is 16.2. The van der Waals surface area contributed by atoms with Crippen LogP contribution in [0.15, 0.2) is 42.6 Å². The number of benzene rings is 2. The van der Waals surface area contributed by atoms with Gasteiger partial charge in [-0.3, -0.25) is 9.88 Å². The van der Waals surface area contributed by atoms with Crippen LogP contribution in [-0.4, -0.2) is 82.0 Å². The summed E-state index contributed by atoms with van der Waals surface area (Å²) in [6.45, 7) is 1.89. The van der Waals surface area contributed by atoms with E-state index in [1.807, 2.05) is 24.3 Å². The molecule has 5 atom stereocenters. The molecule has 2 aromatic heterocycles. The molecule has 5 unspecified atom stereocenters. The van der Waals surface area contributed by atoms with Crippen LogP contribution in [0.5, 0.6) is 11.8 Å². The Balaban J connectivity index is 1.22. The van der Waals surface area contributed by atoms with Gasteiger partial charge in [0.05, 0.1) is 5.39 Å². The van der Waals surface area contributed by atoms with Gasteiger partial charge in [0.1, 0.15) is 36.1 Å². The summed E-state index contributed by atoms with van der Waals surface area (Å²) in [4.78, 5) is 18.5. The maximum absolute atomic E-state index is 16.6. The molecular formula is C32H34F2N6O2. The van der Waals surface area contributed by atoms with Crippen LogP contribution < -0.4 is 15.0 Å². The number of ether oxygens (including phenoxy) is 1. The summed E-state index contributed by atoms with van der Waals surface area (Å²) in [6, 6.07) is 12.1. The minimum atomic E-state index is -0.575. The highest BCUT2D eigenvalue weighted by atomic mass is 19.1. The predicted octanol–water partition coefficient (Wildman–Crippen LogP) is 4.83. The highest BCUT2D eigenvalue weighted by molar-refractivity contribution is 5.99. The van der Waals surface area contributed by atoms with E-state index >= 15 is 4.39 Å². The molecule has 3 aliphatic heterocycles. The summed E-state index contributed by atoms with van der Waals surface area (Å²) >= 11 is 0. The van der Waals surface area contributed by atoms with Gasteiger partial charge < -0.3 is 20.1 Å².